The van der Waals surface area contributed by atoms with Crippen LogP contribution in [0, 0.1) is 10.1 Å². The lowest BCUT2D eigenvalue weighted by Gasteiger charge is -2.29. The van der Waals surface area contributed by atoms with E-state index < -0.39 is 0 Å². The third-order valence-electron chi connectivity index (χ3n) is 3.46. The van der Waals surface area contributed by atoms with Crippen molar-refractivity contribution in [1.82, 2.24) is 4.98 Å². The summed E-state index contributed by atoms with van der Waals surface area (Å²) in [4.78, 5) is 18.8. The highest BCUT2D eigenvalue weighted by atomic mass is 32.1. The van der Waals surface area contributed by atoms with E-state index in [4.69, 9.17) is 0 Å². The van der Waals surface area contributed by atoms with Crippen molar-refractivity contribution in [2.24, 2.45) is 0 Å². The Bertz CT molecular complexity index is 619. The van der Waals surface area contributed by atoms with Gasteiger partial charge >= 0.3 is 0 Å². The second-order valence-corrected chi connectivity index (χ2v) is 5.86. The minimum absolute atomic E-state index is 0.130. The first-order valence-corrected chi connectivity index (χ1v) is 7.06. The van der Waals surface area contributed by atoms with Crippen molar-refractivity contribution in [2.75, 3.05) is 38.1 Å². The monoisotopic (exact) mass is 279 g/mol. The molecule has 0 aliphatic carbocycles. The van der Waals surface area contributed by atoms with Crippen LogP contribution in [0.25, 0.3) is 10.2 Å². The number of hydrogen-bond donors (Lipinski definition) is 1. The maximum absolute atomic E-state index is 10.8. The number of nitrogens with one attached hydrogen (secondary N) is 1. The fourth-order valence-electron chi connectivity index (χ4n) is 2.23. The normalized spacial score (nSPS) is 17.0. The molecule has 1 N–H and O–H groups in total. The Morgan fingerprint density at radius 3 is 2.84 bits per heavy atom. The molecule has 1 aromatic heterocycles. The van der Waals surface area contributed by atoms with E-state index in [2.05, 4.69) is 16.9 Å². The Morgan fingerprint density at radius 1 is 1.42 bits per heavy atom. The molecule has 0 bridgehead atoms. The summed E-state index contributed by atoms with van der Waals surface area (Å²) in [5.41, 5.74) is 0.974. The number of piperazine rings is 1. The van der Waals surface area contributed by atoms with Gasteiger partial charge in [0.15, 0.2) is 5.13 Å². The molecule has 6 nitrogen and oxygen atoms in total. The second kappa shape index (κ2) is 4.75. The molecule has 0 radical (unpaired) electrons. The Morgan fingerprint density at radius 2 is 2.16 bits per heavy atom. The summed E-state index contributed by atoms with van der Waals surface area (Å²) in [6.07, 6.45) is 0. The van der Waals surface area contributed by atoms with Gasteiger partial charge in [-0.25, -0.2) is 4.98 Å². The van der Waals surface area contributed by atoms with Crippen LogP contribution in [0.1, 0.15) is 0 Å². The van der Waals surface area contributed by atoms with E-state index in [9.17, 15) is 10.1 Å². The van der Waals surface area contributed by atoms with Gasteiger partial charge in [-0.1, -0.05) is 11.3 Å². The fraction of sp³-hybridized carbons (Fsp3) is 0.417. The first kappa shape index (κ1) is 12.3. The molecule has 1 aliphatic heterocycles. The Labute approximate surface area is 114 Å². The zero-order valence-corrected chi connectivity index (χ0v) is 11.4. The molecule has 7 heteroatoms. The van der Waals surface area contributed by atoms with Crippen LogP contribution in [0.2, 0.25) is 0 Å². The van der Waals surface area contributed by atoms with E-state index in [0.29, 0.717) is 0 Å². The van der Waals surface area contributed by atoms with Gasteiger partial charge in [-0.15, -0.1) is 0 Å². The highest BCUT2D eigenvalue weighted by Gasteiger charge is 2.20. The number of anilines is 1. The molecular formula is C12H15N4O2S+. The predicted molar refractivity (Wildman–Crippen MR) is 75.1 cm³/mol. The van der Waals surface area contributed by atoms with E-state index in [0.717, 1.165) is 41.5 Å². The third kappa shape index (κ3) is 2.39. The molecule has 2 aromatic rings. The number of benzene rings is 1. The molecular weight excluding hydrogens is 264 g/mol. The third-order valence-corrected chi connectivity index (χ3v) is 4.54. The van der Waals surface area contributed by atoms with Crippen LogP contribution in [0.4, 0.5) is 10.8 Å². The topological polar surface area (TPSA) is 63.7 Å². The van der Waals surface area contributed by atoms with E-state index in [1.54, 1.807) is 12.1 Å². The van der Waals surface area contributed by atoms with E-state index in [1.807, 2.05) is 0 Å². The number of nitrogens with zero attached hydrogens (tertiary/aromatic N) is 3. The van der Waals surface area contributed by atoms with Gasteiger partial charge in [0.25, 0.3) is 5.69 Å². The van der Waals surface area contributed by atoms with Crippen molar-refractivity contribution in [3.8, 4) is 0 Å². The number of thiazole rings is 1. The number of nitro groups is 1. The molecule has 1 aliphatic rings. The van der Waals surface area contributed by atoms with Crippen molar-refractivity contribution >= 4 is 32.4 Å². The highest BCUT2D eigenvalue weighted by molar-refractivity contribution is 7.22. The van der Waals surface area contributed by atoms with E-state index in [1.165, 1.54) is 22.3 Å². The summed E-state index contributed by atoms with van der Waals surface area (Å²) in [5, 5.41) is 11.7. The number of aromatic nitrogens is 1. The van der Waals surface area contributed by atoms with Crippen LogP contribution >= 0.6 is 11.3 Å². The maximum atomic E-state index is 10.8. The lowest BCUT2D eigenvalue weighted by atomic mass is 10.3. The molecule has 100 valence electrons. The van der Waals surface area contributed by atoms with E-state index in [-0.39, 0.29) is 10.6 Å². The highest BCUT2D eigenvalue weighted by Crippen LogP contribution is 2.31. The van der Waals surface area contributed by atoms with Gasteiger partial charge in [-0.2, -0.15) is 0 Å². The molecule has 0 amide bonds. The van der Waals surface area contributed by atoms with Crippen molar-refractivity contribution in [1.29, 1.82) is 0 Å². The van der Waals surface area contributed by atoms with Crippen LogP contribution in [0.5, 0.6) is 0 Å². The maximum Gasteiger partial charge on any atom is 0.270 e. The van der Waals surface area contributed by atoms with Crippen LogP contribution in [0.3, 0.4) is 0 Å². The quantitative estimate of drug-likeness (QED) is 0.644. The summed E-state index contributed by atoms with van der Waals surface area (Å²) >= 11 is 1.54. The minimum atomic E-state index is -0.363. The number of quaternary nitrogens is 1. The molecule has 1 fully saturated rings. The van der Waals surface area contributed by atoms with Gasteiger partial charge in [0.2, 0.25) is 0 Å². The summed E-state index contributed by atoms with van der Waals surface area (Å²) in [5.74, 6) is 0. The number of nitro benzene ring substituents is 1. The molecule has 0 atom stereocenters. The Balaban J connectivity index is 1.91. The van der Waals surface area contributed by atoms with Gasteiger partial charge < -0.3 is 9.80 Å². The number of rotatable bonds is 2. The smallest absolute Gasteiger partial charge is 0.270 e. The lowest BCUT2D eigenvalue weighted by Crippen LogP contribution is -3.12. The molecule has 1 aromatic carbocycles. The van der Waals surface area contributed by atoms with Gasteiger partial charge in [0.1, 0.15) is 0 Å². The molecule has 2 heterocycles. The van der Waals surface area contributed by atoms with Crippen LogP contribution in [-0.2, 0) is 0 Å². The molecule has 0 saturated carbocycles. The summed E-state index contributed by atoms with van der Waals surface area (Å²) in [6.45, 7) is 4.20. The van der Waals surface area contributed by atoms with Crippen molar-refractivity contribution in [2.45, 2.75) is 0 Å². The molecule has 0 unspecified atom stereocenters. The number of non-ortho nitro benzene ring substituents is 1. The average Bonchev–Trinajstić information content (AvgIpc) is 2.82. The SMILES string of the molecule is C[NH+]1CCN(c2nc3ccc([N+](=O)[O-])cc3s2)CC1. The number of fused-ring (bicyclic) bond motifs is 1. The zero-order chi connectivity index (χ0) is 13.4. The summed E-state index contributed by atoms with van der Waals surface area (Å²) in [6, 6.07) is 4.85. The second-order valence-electron chi connectivity index (χ2n) is 4.85. The lowest BCUT2D eigenvalue weighted by molar-refractivity contribution is -0.880. The Kier molecular flexibility index (Phi) is 3.08. The average molecular weight is 279 g/mol. The molecule has 19 heavy (non-hydrogen) atoms. The fourth-order valence-corrected chi connectivity index (χ4v) is 3.28. The van der Waals surface area contributed by atoms with Crippen molar-refractivity contribution in [3.63, 3.8) is 0 Å². The van der Waals surface area contributed by atoms with Gasteiger partial charge in [0, 0.05) is 12.1 Å². The molecule has 3 rings (SSSR count). The van der Waals surface area contributed by atoms with Gasteiger partial charge in [0.05, 0.1) is 48.4 Å². The van der Waals surface area contributed by atoms with Crippen LogP contribution in [-0.4, -0.2) is 43.1 Å². The minimum Gasteiger partial charge on any atom is -0.337 e. The number of likely N-dealkylation sites (N-methyl/N-ethyl adjacent to an activating group) is 1. The Hall–Kier alpha value is -1.73. The largest absolute Gasteiger partial charge is 0.337 e. The van der Waals surface area contributed by atoms with Crippen LogP contribution < -0.4 is 9.80 Å². The van der Waals surface area contributed by atoms with Gasteiger partial charge in [-0.3, -0.25) is 10.1 Å². The zero-order valence-electron chi connectivity index (χ0n) is 10.6. The summed E-state index contributed by atoms with van der Waals surface area (Å²) < 4.78 is 0.885. The van der Waals surface area contributed by atoms with Crippen molar-refractivity contribution in [3.05, 3.63) is 28.3 Å². The predicted octanol–water partition coefficient (Wildman–Crippen LogP) is 0.539. The summed E-state index contributed by atoms with van der Waals surface area (Å²) in [7, 11) is 2.19. The first-order chi connectivity index (χ1) is 9.13. The van der Waals surface area contributed by atoms with Crippen molar-refractivity contribution < 1.29 is 9.82 Å². The molecule has 1 saturated heterocycles. The standard InChI is InChI=1S/C12H14N4O2S/c1-14-4-6-15(7-5-14)12-13-10-3-2-9(16(17)18)8-11(10)19-12/h2-3,8H,4-7H2,1H3/p+1. The number of hydrogen-bond acceptors (Lipinski definition) is 5. The molecule has 0 spiro atoms. The van der Waals surface area contributed by atoms with E-state index >= 15 is 0 Å². The van der Waals surface area contributed by atoms with Gasteiger partial charge in [-0.05, 0) is 6.07 Å². The first-order valence-electron chi connectivity index (χ1n) is 6.25. The van der Waals surface area contributed by atoms with Crippen LogP contribution in [0.15, 0.2) is 18.2 Å².